The van der Waals surface area contributed by atoms with E-state index < -0.39 is 97.5 Å². The normalized spacial score (nSPS) is 13.9. The third kappa shape index (κ3) is 72.4. The summed E-state index contributed by atoms with van der Waals surface area (Å²) in [5.74, 6) is -0.475. The maximum absolute atomic E-state index is 13.1. The molecule has 0 aliphatic carbocycles. The van der Waals surface area contributed by atoms with Crippen LogP contribution in [-0.2, 0) is 65.4 Å². The molecule has 0 spiro atoms. The Morgan fingerprint density at radius 1 is 0.276 bits per heavy atom. The van der Waals surface area contributed by atoms with Crippen molar-refractivity contribution < 1.29 is 80.2 Å². The largest absolute Gasteiger partial charge is 0.472 e. The molecule has 0 bridgehead atoms. The highest BCUT2D eigenvalue weighted by Crippen LogP contribution is 2.45. The lowest BCUT2D eigenvalue weighted by Crippen LogP contribution is -2.30. The Kier molecular flexibility index (Phi) is 69.3. The number of aliphatic hydroxyl groups excluding tert-OH is 1. The molecule has 5 atom stereocenters. The molecule has 0 amide bonds. The number of unbranched alkanes of at least 4 members (excludes halogenated alkanes) is 48. The number of hydrogen-bond donors (Lipinski definition) is 3. The minimum absolute atomic E-state index is 0.105. The molecule has 98 heavy (non-hydrogen) atoms. The van der Waals surface area contributed by atoms with Gasteiger partial charge in [-0.2, -0.15) is 0 Å². The molecule has 0 aliphatic rings. The van der Waals surface area contributed by atoms with Gasteiger partial charge in [-0.15, -0.1) is 0 Å². The second kappa shape index (κ2) is 70.7. The fraction of sp³-hybridized carbons (Fsp3) is 0.949. The average Bonchev–Trinajstić information content (AvgIpc) is 1.15. The van der Waals surface area contributed by atoms with Gasteiger partial charge in [0.05, 0.1) is 26.4 Å². The SMILES string of the molecule is CCCCCCCCCCC(=O)OC[C@H](COP(=O)(O)OC[C@H](O)COP(=O)(O)OC[C@@H](COC(=O)CCCCCCCCCCCCCCCCCCCCC(C)C)OC(=O)CCCCCCCCCCCCCCCCCCCCC(C)C)OC(=O)CCCCCCCCCC. The van der Waals surface area contributed by atoms with Crippen molar-refractivity contribution in [1.29, 1.82) is 0 Å². The maximum atomic E-state index is 13.1. The lowest BCUT2D eigenvalue weighted by Gasteiger charge is -2.21. The highest BCUT2D eigenvalue weighted by atomic mass is 31.2. The summed E-state index contributed by atoms with van der Waals surface area (Å²) in [4.78, 5) is 72.6. The molecular weight excluding hydrogens is 1280 g/mol. The molecule has 0 radical (unpaired) electrons. The Labute approximate surface area is 600 Å². The van der Waals surface area contributed by atoms with Crippen LogP contribution in [0.15, 0.2) is 0 Å². The van der Waals surface area contributed by atoms with Crippen molar-refractivity contribution in [3.05, 3.63) is 0 Å². The minimum atomic E-state index is -4.96. The summed E-state index contributed by atoms with van der Waals surface area (Å²) in [6.07, 6.45) is 60.0. The summed E-state index contributed by atoms with van der Waals surface area (Å²) in [7, 11) is -9.90. The fourth-order valence-corrected chi connectivity index (χ4v) is 13.8. The van der Waals surface area contributed by atoms with Crippen molar-refractivity contribution in [2.24, 2.45) is 11.8 Å². The quantitative estimate of drug-likeness (QED) is 0.0222. The van der Waals surface area contributed by atoms with E-state index in [1.807, 2.05) is 0 Å². The van der Waals surface area contributed by atoms with E-state index in [4.69, 9.17) is 37.0 Å². The summed E-state index contributed by atoms with van der Waals surface area (Å²) in [5.41, 5.74) is 0. The number of rotatable bonds is 78. The molecule has 3 N–H and O–H groups in total. The standard InChI is InChI=1S/C79H154O17P2/c1-7-9-11-13-15-43-49-55-61-76(81)89-67-74(95-78(83)63-57-51-44-16-14-12-10-8-2)69-93-97(85,86)91-65-73(80)66-92-98(87,88)94-70-75(96-79(84)64-58-52-46-40-36-32-28-24-20-18-22-26-30-34-38-42-48-54-60-72(5)6)68-90-77(82)62-56-50-45-39-35-31-27-23-19-17-21-25-29-33-37-41-47-53-59-71(3)4/h71-75,80H,7-70H2,1-6H3,(H,85,86)(H,87,88)/t73-,74+,75+/m0/s1. The molecule has 0 saturated carbocycles. The van der Waals surface area contributed by atoms with Crippen molar-refractivity contribution in [2.45, 2.75) is 432 Å². The van der Waals surface area contributed by atoms with Gasteiger partial charge in [-0.3, -0.25) is 37.3 Å². The van der Waals surface area contributed by atoms with Crippen LogP contribution >= 0.6 is 15.6 Å². The van der Waals surface area contributed by atoms with Gasteiger partial charge in [0.2, 0.25) is 0 Å². The third-order valence-corrected chi connectivity index (χ3v) is 20.4. The smallest absolute Gasteiger partial charge is 0.462 e. The van der Waals surface area contributed by atoms with Crippen molar-refractivity contribution >= 4 is 39.5 Å². The molecule has 17 nitrogen and oxygen atoms in total. The van der Waals surface area contributed by atoms with E-state index in [0.29, 0.717) is 25.7 Å². The van der Waals surface area contributed by atoms with E-state index in [0.717, 1.165) is 115 Å². The zero-order valence-electron chi connectivity index (χ0n) is 64.1. The molecule has 0 fully saturated rings. The third-order valence-electron chi connectivity index (χ3n) is 18.5. The predicted octanol–water partition coefficient (Wildman–Crippen LogP) is 23.5. The molecule has 0 saturated heterocycles. The molecule has 2 unspecified atom stereocenters. The van der Waals surface area contributed by atoms with Crippen LogP contribution in [-0.4, -0.2) is 96.7 Å². The Bertz CT molecular complexity index is 1890. The first-order valence-electron chi connectivity index (χ1n) is 41.0. The molecule has 19 heteroatoms. The summed E-state index contributed by atoms with van der Waals surface area (Å²) >= 11 is 0. The molecule has 0 aliphatic heterocycles. The van der Waals surface area contributed by atoms with E-state index in [-0.39, 0.29) is 25.7 Å². The van der Waals surface area contributed by atoms with E-state index in [1.54, 1.807) is 0 Å². The van der Waals surface area contributed by atoms with Gasteiger partial charge >= 0.3 is 39.5 Å². The number of phosphoric ester groups is 2. The number of phosphoric acid groups is 2. The number of carbonyl (C=O) groups is 4. The Morgan fingerprint density at radius 2 is 0.469 bits per heavy atom. The highest BCUT2D eigenvalue weighted by Gasteiger charge is 2.30. The topological polar surface area (TPSA) is 237 Å². The van der Waals surface area contributed by atoms with Crippen molar-refractivity contribution in [3.63, 3.8) is 0 Å². The number of ether oxygens (including phenoxy) is 4. The number of hydrogen-bond acceptors (Lipinski definition) is 15. The van der Waals surface area contributed by atoms with E-state index >= 15 is 0 Å². The molecule has 0 aromatic heterocycles. The highest BCUT2D eigenvalue weighted by molar-refractivity contribution is 7.47. The molecule has 0 rings (SSSR count). The van der Waals surface area contributed by atoms with Crippen LogP contribution in [0.2, 0.25) is 0 Å². The summed E-state index contributed by atoms with van der Waals surface area (Å²) in [6, 6.07) is 0. The van der Waals surface area contributed by atoms with Crippen LogP contribution < -0.4 is 0 Å². The van der Waals surface area contributed by atoms with Crippen molar-refractivity contribution in [2.75, 3.05) is 39.6 Å². The zero-order valence-corrected chi connectivity index (χ0v) is 65.9. The second-order valence-corrected chi connectivity index (χ2v) is 32.3. The first kappa shape index (κ1) is 96.1. The van der Waals surface area contributed by atoms with E-state index in [2.05, 4.69) is 41.5 Å². The average molecular weight is 1440 g/mol. The van der Waals surface area contributed by atoms with Gasteiger partial charge in [-0.25, -0.2) is 9.13 Å². The lowest BCUT2D eigenvalue weighted by atomic mass is 10.0. The first-order chi connectivity index (χ1) is 47.4. The van der Waals surface area contributed by atoms with E-state index in [9.17, 15) is 43.2 Å². The van der Waals surface area contributed by atoms with Crippen LogP contribution in [0.4, 0.5) is 0 Å². The number of carbonyl (C=O) groups excluding carboxylic acids is 4. The molecule has 582 valence electrons. The fourth-order valence-electron chi connectivity index (χ4n) is 12.2. The minimum Gasteiger partial charge on any atom is -0.462 e. The second-order valence-electron chi connectivity index (χ2n) is 29.4. The van der Waals surface area contributed by atoms with Gasteiger partial charge in [0.15, 0.2) is 12.2 Å². The van der Waals surface area contributed by atoms with Gasteiger partial charge < -0.3 is 33.8 Å². The monoisotopic (exact) mass is 1440 g/mol. The summed E-state index contributed by atoms with van der Waals surface area (Å²) in [5, 5.41) is 10.6. The lowest BCUT2D eigenvalue weighted by molar-refractivity contribution is -0.161. The van der Waals surface area contributed by atoms with Crippen LogP contribution in [0.1, 0.15) is 414 Å². The van der Waals surface area contributed by atoms with Gasteiger partial charge in [0.1, 0.15) is 19.3 Å². The van der Waals surface area contributed by atoms with Crippen molar-refractivity contribution in [1.82, 2.24) is 0 Å². The Hall–Kier alpha value is -1.94. The maximum Gasteiger partial charge on any atom is 0.472 e. The number of esters is 4. The Balaban J connectivity index is 5.12. The van der Waals surface area contributed by atoms with Crippen LogP contribution in [0.25, 0.3) is 0 Å². The predicted molar refractivity (Wildman–Crippen MR) is 400 cm³/mol. The van der Waals surface area contributed by atoms with Gasteiger partial charge in [0, 0.05) is 25.7 Å². The summed E-state index contributed by atoms with van der Waals surface area (Å²) < 4.78 is 68.4. The van der Waals surface area contributed by atoms with Gasteiger partial charge in [0.25, 0.3) is 0 Å². The zero-order chi connectivity index (χ0) is 72.1. The van der Waals surface area contributed by atoms with Crippen molar-refractivity contribution in [3.8, 4) is 0 Å². The van der Waals surface area contributed by atoms with E-state index in [1.165, 1.54) is 218 Å². The molecule has 0 aromatic carbocycles. The molecule has 0 aromatic rings. The van der Waals surface area contributed by atoms with Gasteiger partial charge in [-0.1, -0.05) is 363 Å². The first-order valence-corrected chi connectivity index (χ1v) is 44.0. The van der Waals surface area contributed by atoms with Gasteiger partial charge in [-0.05, 0) is 37.5 Å². The van der Waals surface area contributed by atoms with Crippen LogP contribution in [0.3, 0.4) is 0 Å². The van der Waals surface area contributed by atoms with Crippen LogP contribution in [0, 0.1) is 11.8 Å². The van der Waals surface area contributed by atoms with Crippen LogP contribution in [0.5, 0.6) is 0 Å². The summed E-state index contributed by atoms with van der Waals surface area (Å²) in [6.45, 7) is 9.63. The molecule has 0 heterocycles. The Morgan fingerprint density at radius 3 is 0.694 bits per heavy atom. The number of aliphatic hydroxyl groups is 1. The molecular formula is C79H154O17P2.